The second-order valence-electron chi connectivity index (χ2n) is 6.76. The summed E-state index contributed by atoms with van der Waals surface area (Å²) in [7, 11) is 3.21. The second kappa shape index (κ2) is 7.88. The van der Waals surface area contributed by atoms with Crippen molar-refractivity contribution in [3.8, 4) is 11.5 Å². The number of hydrogen-bond acceptors (Lipinski definition) is 3. The molecule has 4 nitrogen and oxygen atoms in total. The summed E-state index contributed by atoms with van der Waals surface area (Å²) >= 11 is 0. The third-order valence-electron chi connectivity index (χ3n) is 3.87. The summed E-state index contributed by atoms with van der Waals surface area (Å²) in [5, 5.41) is 2.89. The molecule has 2 rings (SSSR count). The van der Waals surface area contributed by atoms with E-state index in [0.717, 1.165) is 16.9 Å². The van der Waals surface area contributed by atoms with Crippen molar-refractivity contribution in [1.82, 2.24) is 0 Å². The maximum atomic E-state index is 12.3. The number of rotatable bonds is 5. The minimum absolute atomic E-state index is 0.00924. The standard InChI is InChI=1S/C21H25NO3/c1-21(2,3)16-9-12-19(25-5)18(14-16)22-20(23)13-8-15-6-10-17(24-4)11-7-15/h6-14H,1-5H3,(H,22,23). The van der Waals surface area contributed by atoms with Crippen LogP contribution in [0, 0.1) is 0 Å². The molecule has 0 unspecified atom stereocenters. The van der Waals surface area contributed by atoms with Crippen molar-refractivity contribution in [3.05, 3.63) is 59.7 Å². The van der Waals surface area contributed by atoms with Gasteiger partial charge in [0.15, 0.2) is 0 Å². The molecule has 2 aromatic carbocycles. The van der Waals surface area contributed by atoms with E-state index in [9.17, 15) is 4.79 Å². The smallest absolute Gasteiger partial charge is 0.248 e. The van der Waals surface area contributed by atoms with E-state index in [-0.39, 0.29) is 11.3 Å². The fourth-order valence-corrected chi connectivity index (χ4v) is 2.33. The van der Waals surface area contributed by atoms with Gasteiger partial charge < -0.3 is 14.8 Å². The predicted molar refractivity (Wildman–Crippen MR) is 102 cm³/mol. The van der Waals surface area contributed by atoms with Crippen molar-refractivity contribution >= 4 is 17.7 Å². The summed E-state index contributed by atoms with van der Waals surface area (Å²) in [6.45, 7) is 6.39. The number of methoxy groups -OCH3 is 2. The molecule has 0 aromatic heterocycles. The zero-order chi connectivity index (χ0) is 18.4. The number of carbonyl (C=O) groups is 1. The first kappa shape index (κ1) is 18.6. The van der Waals surface area contributed by atoms with Gasteiger partial charge in [-0.1, -0.05) is 39.0 Å². The Balaban J connectivity index is 2.14. The van der Waals surface area contributed by atoms with Gasteiger partial charge in [0.2, 0.25) is 5.91 Å². The fourth-order valence-electron chi connectivity index (χ4n) is 2.33. The van der Waals surface area contributed by atoms with Gasteiger partial charge in [0.1, 0.15) is 11.5 Å². The first-order valence-corrected chi connectivity index (χ1v) is 8.15. The zero-order valence-electron chi connectivity index (χ0n) is 15.4. The number of benzene rings is 2. The molecular weight excluding hydrogens is 314 g/mol. The minimum atomic E-state index is -0.208. The molecule has 1 amide bonds. The number of anilines is 1. The summed E-state index contributed by atoms with van der Waals surface area (Å²) in [5.74, 6) is 1.21. The van der Waals surface area contributed by atoms with E-state index in [1.807, 2.05) is 42.5 Å². The van der Waals surface area contributed by atoms with E-state index in [1.54, 1.807) is 20.3 Å². The van der Waals surface area contributed by atoms with Gasteiger partial charge in [-0.15, -0.1) is 0 Å². The lowest BCUT2D eigenvalue weighted by Crippen LogP contribution is -2.14. The number of hydrogen-bond donors (Lipinski definition) is 1. The number of carbonyl (C=O) groups excluding carboxylic acids is 1. The Morgan fingerprint density at radius 1 is 1.00 bits per heavy atom. The molecule has 1 N–H and O–H groups in total. The van der Waals surface area contributed by atoms with Crippen LogP contribution in [0.2, 0.25) is 0 Å². The first-order chi connectivity index (χ1) is 11.8. The predicted octanol–water partition coefficient (Wildman–Crippen LogP) is 4.65. The molecule has 0 aliphatic carbocycles. The van der Waals surface area contributed by atoms with Crippen LogP contribution in [0.3, 0.4) is 0 Å². The summed E-state index contributed by atoms with van der Waals surface area (Å²) in [6, 6.07) is 13.3. The summed E-state index contributed by atoms with van der Waals surface area (Å²) in [4.78, 5) is 12.3. The van der Waals surface area contributed by atoms with Crippen LogP contribution in [0.4, 0.5) is 5.69 Å². The monoisotopic (exact) mass is 339 g/mol. The Morgan fingerprint density at radius 3 is 2.24 bits per heavy atom. The molecule has 0 aliphatic rings. The molecule has 0 bridgehead atoms. The average Bonchev–Trinajstić information content (AvgIpc) is 2.59. The van der Waals surface area contributed by atoms with Crippen molar-refractivity contribution < 1.29 is 14.3 Å². The minimum Gasteiger partial charge on any atom is -0.497 e. The maximum Gasteiger partial charge on any atom is 0.248 e. The molecule has 0 spiro atoms. The van der Waals surface area contributed by atoms with Crippen molar-refractivity contribution in [1.29, 1.82) is 0 Å². The molecule has 0 heterocycles. The van der Waals surface area contributed by atoms with Crippen LogP contribution in [0.5, 0.6) is 11.5 Å². The molecule has 0 aliphatic heterocycles. The Hall–Kier alpha value is -2.75. The van der Waals surface area contributed by atoms with Crippen LogP contribution in [-0.2, 0) is 10.2 Å². The van der Waals surface area contributed by atoms with E-state index in [2.05, 4.69) is 26.1 Å². The first-order valence-electron chi connectivity index (χ1n) is 8.15. The second-order valence-corrected chi connectivity index (χ2v) is 6.76. The third kappa shape index (κ3) is 5.11. The quantitative estimate of drug-likeness (QED) is 0.806. The van der Waals surface area contributed by atoms with Crippen LogP contribution >= 0.6 is 0 Å². The molecule has 132 valence electrons. The lowest BCUT2D eigenvalue weighted by atomic mass is 9.87. The Labute approximate surface area is 149 Å². The van der Waals surface area contributed by atoms with E-state index in [1.165, 1.54) is 6.08 Å². The van der Waals surface area contributed by atoms with Crippen molar-refractivity contribution in [2.45, 2.75) is 26.2 Å². The zero-order valence-corrected chi connectivity index (χ0v) is 15.4. The molecule has 0 saturated heterocycles. The van der Waals surface area contributed by atoms with Crippen LogP contribution < -0.4 is 14.8 Å². The van der Waals surface area contributed by atoms with Gasteiger partial charge in [0.25, 0.3) is 0 Å². The summed E-state index contributed by atoms with van der Waals surface area (Å²) in [5.41, 5.74) is 2.71. The molecule has 0 radical (unpaired) electrons. The van der Waals surface area contributed by atoms with Gasteiger partial charge in [-0.25, -0.2) is 0 Å². The normalized spacial score (nSPS) is 11.4. The Bertz CT molecular complexity index is 756. The van der Waals surface area contributed by atoms with Gasteiger partial charge in [0, 0.05) is 6.08 Å². The van der Waals surface area contributed by atoms with E-state index < -0.39 is 0 Å². The van der Waals surface area contributed by atoms with Gasteiger partial charge >= 0.3 is 0 Å². The highest BCUT2D eigenvalue weighted by Gasteiger charge is 2.16. The number of amides is 1. The highest BCUT2D eigenvalue weighted by molar-refractivity contribution is 6.02. The molecule has 0 fully saturated rings. The van der Waals surface area contributed by atoms with E-state index >= 15 is 0 Å². The number of ether oxygens (including phenoxy) is 2. The van der Waals surface area contributed by atoms with Crippen LogP contribution in [0.1, 0.15) is 31.9 Å². The Kier molecular flexibility index (Phi) is 5.86. The van der Waals surface area contributed by atoms with Crippen molar-refractivity contribution in [2.24, 2.45) is 0 Å². The molecule has 2 aromatic rings. The van der Waals surface area contributed by atoms with Crippen LogP contribution in [-0.4, -0.2) is 20.1 Å². The SMILES string of the molecule is COc1ccc(C=CC(=O)Nc2cc(C(C)(C)C)ccc2OC)cc1. The maximum absolute atomic E-state index is 12.3. The van der Waals surface area contributed by atoms with Crippen LogP contribution in [0.15, 0.2) is 48.5 Å². The van der Waals surface area contributed by atoms with Crippen molar-refractivity contribution in [3.63, 3.8) is 0 Å². The summed E-state index contributed by atoms with van der Waals surface area (Å²) < 4.78 is 10.5. The Morgan fingerprint density at radius 2 is 1.68 bits per heavy atom. The highest BCUT2D eigenvalue weighted by atomic mass is 16.5. The molecule has 4 heteroatoms. The highest BCUT2D eigenvalue weighted by Crippen LogP contribution is 2.31. The van der Waals surface area contributed by atoms with Crippen molar-refractivity contribution in [2.75, 3.05) is 19.5 Å². The number of nitrogens with one attached hydrogen (secondary N) is 1. The lowest BCUT2D eigenvalue weighted by molar-refractivity contribution is -0.111. The summed E-state index contributed by atoms with van der Waals surface area (Å²) in [6.07, 6.45) is 3.26. The van der Waals surface area contributed by atoms with Gasteiger partial charge in [-0.3, -0.25) is 4.79 Å². The van der Waals surface area contributed by atoms with Gasteiger partial charge in [0.05, 0.1) is 19.9 Å². The molecule has 0 saturated carbocycles. The molecular formula is C21H25NO3. The van der Waals surface area contributed by atoms with E-state index in [4.69, 9.17) is 9.47 Å². The topological polar surface area (TPSA) is 47.6 Å². The lowest BCUT2D eigenvalue weighted by Gasteiger charge is -2.21. The molecule has 0 atom stereocenters. The van der Waals surface area contributed by atoms with E-state index in [0.29, 0.717) is 11.4 Å². The molecule has 25 heavy (non-hydrogen) atoms. The fraction of sp³-hybridized carbons (Fsp3) is 0.286. The third-order valence-corrected chi connectivity index (χ3v) is 3.87. The average molecular weight is 339 g/mol. The van der Waals surface area contributed by atoms with Gasteiger partial charge in [-0.05, 0) is 46.9 Å². The largest absolute Gasteiger partial charge is 0.497 e. The van der Waals surface area contributed by atoms with Gasteiger partial charge in [-0.2, -0.15) is 0 Å². The van der Waals surface area contributed by atoms with Crippen LogP contribution in [0.25, 0.3) is 6.08 Å².